The third-order valence-electron chi connectivity index (χ3n) is 1.96. The third-order valence-corrected chi connectivity index (χ3v) is 2.18. The van der Waals surface area contributed by atoms with Crippen molar-refractivity contribution in [3.05, 3.63) is 22.7 Å². The monoisotopic (exact) mass is 238 g/mol. The van der Waals surface area contributed by atoms with Crippen LogP contribution in [-0.2, 0) is 4.79 Å². The maximum Gasteiger partial charge on any atom is 0.238 e. The summed E-state index contributed by atoms with van der Waals surface area (Å²) in [7, 11) is 1.51. The number of hydrogen-bond donors (Lipinski definition) is 1. The largest absolute Gasteiger partial charge is 0.494 e. The van der Waals surface area contributed by atoms with Crippen LogP contribution in [0.3, 0.4) is 0 Å². The van der Waals surface area contributed by atoms with Gasteiger partial charge in [-0.25, -0.2) is 0 Å². The van der Waals surface area contributed by atoms with Gasteiger partial charge < -0.3 is 10.1 Å². The van der Waals surface area contributed by atoms with Gasteiger partial charge >= 0.3 is 0 Å². The summed E-state index contributed by atoms with van der Waals surface area (Å²) in [5, 5.41) is 11.5. The van der Waals surface area contributed by atoms with Crippen molar-refractivity contribution >= 4 is 23.2 Å². The number of anilines is 1. The van der Waals surface area contributed by atoms with E-state index in [0.717, 1.165) is 5.56 Å². The second-order valence-electron chi connectivity index (χ2n) is 3.19. The molecule has 84 valence electrons. The van der Waals surface area contributed by atoms with Crippen LogP contribution >= 0.6 is 11.6 Å². The van der Waals surface area contributed by atoms with E-state index in [2.05, 4.69) is 5.32 Å². The minimum absolute atomic E-state index is 0.200. The number of carbonyl (C=O) groups excluding carboxylic acids is 1. The van der Waals surface area contributed by atoms with E-state index in [-0.39, 0.29) is 12.3 Å². The molecular formula is C11H11ClN2O2. The Labute approximate surface area is 98.8 Å². The first-order valence-electron chi connectivity index (χ1n) is 4.59. The highest BCUT2D eigenvalue weighted by molar-refractivity contribution is 6.31. The molecule has 0 saturated carbocycles. The van der Waals surface area contributed by atoms with Gasteiger partial charge in [0.25, 0.3) is 0 Å². The van der Waals surface area contributed by atoms with Crippen molar-refractivity contribution in [2.24, 2.45) is 0 Å². The molecule has 0 saturated heterocycles. The number of methoxy groups -OCH3 is 1. The molecule has 1 amide bonds. The first-order chi connectivity index (χ1) is 7.58. The molecule has 0 aliphatic heterocycles. The van der Waals surface area contributed by atoms with E-state index in [9.17, 15) is 4.79 Å². The fourth-order valence-electron chi connectivity index (χ4n) is 1.36. The number of aryl methyl sites for hydroxylation is 1. The van der Waals surface area contributed by atoms with Gasteiger partial charge in [-0.1, -0.05) is 11.6 Å². The highest BCUT2D eigenvalue weighted by atomic mass is 35.5. The Bertz CT molecular complexity index is 452. The maximum absolute atomic E-state index is 11.3. The second kappa shape index (κ2) is 5.38. The number of halogens is 1. The SMILES string of the molecule is COc1c(C)cc(Cl)cc1NC(=O)CC#N. The molecule has 0 fully saturated rings. The highest BCUT2D eigenvalue weighted by Crippen LogP contribution is 2.31. The lowest BCUT2D eigenvalue weighted by Crippen LogP contribution is -2.11. The van der Waals surface area contributed by atoms with E-state index in [1.807, 2.05) is 6.92 Å². The Morgan fingerprint density at radius 1 is 1.62 bits per heavy atom. The van der Waals surface area contributed by atoms with Crippen molar-refractivity contribution in [1.29, 1.82) is 5.26 Å². The van der Waals surface area contributed by atoms with Gasteiger partial charge in [0, 0.05) is 5.02 Å². The van der Waals surface area contributed by atoms with Gasteiger partial charge in [-0.3, -0.25) is 4.79 Å². The molecule has 0 heterocycles. The molecule has 1 N–H and O–H groups in total. The summed E-state index contributed by atoms with van der Waals surface area (Å²) in [5.74, 6) is 0.165. The Balaban J connectivity index is 3.03. The molecule has 0 aliphatic carbocycles. The lowest BCUT2D eigenvalue weighted by atomic mass is 10.2. The van der Waals surface area contributed by atoms with Gasteiger partial charge in [-0.2, -0.15) is 5.26 Å². The van der Waals surface area contributed by atoms with Gasteiger partial charge in [0.15, 0.2) is 0 Å². The molecule has 5 heteroatoms. The Kier molecular flexibility index (Phi) is 4.15. The Hall–Kier alpha value is -1.73. The predicted octanol–water partition coefficient (Wildman–Crippen LogP) is 2.51. The summed E-state index contributed by atoms with van der Waals surface area (Å²) >= 11 is 5.87. The van der Waals surface area contributed by atoms with E-state index < -0.39 is 0 Å². The lowest BCUT2D eigenvalue weighted by molar-refractivity contribution is -0.115. The van der Waals surface area contributed by atoms with E-state index >= 15 is 0 Å². The molecule has 16 heavy (non-hydrogen) atoms. The molecule has 0 radical (unpaired) electrons. The summed E-state index contributed by atoms with van der Waals surface area (Å²) < 4.78 is 5.15. The summed E-state index contributed by atoms with van der Waals surface area (Å²) in [6, 6.07) is 5.09. The van der Waals surface area contributed by atoms with E-state index in [1.165, 1.54) is 7.11 Å². The number of rotatable bonds is 3. The third kappa shape index (κ3) is 2.88. The highest BCUT2D eigenvalue weighted by Gasteiger charge is 2.10. The number of benzene rings is 1. The van der Waals surface area contributed by atoms with Gasteiger partial charge in [-0.15, -0.1) is 0 Å². The fraction of sp³-hybridized carbons (Fsp3) is 0.273. The van der Waals surface area contributed by atoms with Crippen molar-refractivity contribution < 1.29 is 9.53 Å². The normalized spacial score (nSPS) is 9.38. The standard InChI is InChI=1S/C11H11ClN2O2/c1-7-5-8(12)6-9(11(7)16-2)14-10(15)3-4-13/h5-6H,3H2,1-2H3,(H,14,15). The van der Waals surface area contributed by atoms with Crippen LogP contribution in [0.15, 0.2) is 12.1 Å². The minimum Gasteiger partial charge on any atom is -0.494 e. The predicted molar refractivity (Wildman–Crippen MR) is 61.6 cm³/mol. The zero-order chi connectivity index (χ0) is 12.1. The molecular weight excluding hydrogens is 228 g/mol. The number of hydrogen-bond acceptors (Lipinski definition) is 3. The van der Waals surface area contributed by atoms with Crippen molar-refractivity contribution in [1.82, 2.24) is 0 Å². The molecule has 0 aromatic heterocycles. The van der Waals surface area contributed by atoms with Crippen LogP contribution in [0.2, 0.25) is 5.02 Å². The van der Waals surface area contributed by atoms with Crippen LogP contribution < -0.4 is 10.1 Å². The second-order valence-corrected chi connectivity index (χ2v) is 3.62. The first-order valence-corrected chi connectivity index (χ1v) is 4.97. The van der Waals surface area contributed by atoms with Gasteiger partial charge in [0.1, 0.15) is 12.2 Å². The van der Waals surface area contributed by atoms with E-state index in [4.69, 9.17) is 21.6 Å². The molecule has 1 aromatic carbocycles. The quantitative estimate of drug-likeness (QED) is 0.880. The number of nitrogens with one attached hydrogen (secondary N) is 1. The molecule has 0 bridgehead atoms. The van der Waals surface area contributed by atoms with Crippen molar-refractivity contribution in [3.8, 4) is 11.8 Å². The Morgan fingerprint density at radius 3 is 2.88 bits per heavy atom. The van der Waals surface area contributed by atoms with Crippen LogP contribution in [0.1, 0.15) is 12.0 Å². The van der Waals surface area contributed by atoms with E-state index in [0.29, 0.717) is 16.5 Å². The first kappa shape index (κ1) is 12.3. The molecule has 0 spiro atoms. The maximum atomic E-state index is 11.3. The fourth-order valence-corrected chi connectivity index (χ4v) is 1.63. The zero-order valence-corrected chi connectivity index (χ0v) is 9.76. The van der Waals surface area contributed by atoms with Crippen LogP contribution in [0.25, 0.3) is 0 Å². The van der Waals surface area contributed by atoms with Gasteiger partial charge in [-0.05, 0) is 24.6 Å². The van der Waals surface area contributed by atoms with Gasteiger partial charge in [0.05, 0.1) is 18.9 Å². The van der Waals surface area contributed by atoms with E-state index in [1.54, 1.807) is 18.2 Å². The van der Waals surface area contributed by atoms with Crippen molar-refractivity contribution in [2.45, 2.75) is 13.3 Å². The van der Waals surface area contributed by atoms with Crippen LogP contribution in [0.4, 0.5) is 5.69 Å². The van der Waals surface area contributed by atoms with Gasteiger partial charge in [0.2, 0.25) is 5.91 Å². The van der Waals surface area contributed by atoms with Crippen LogP contribution in [-0.4, -0.2) is 13.0 Å². The van der Waals surface area contributed by atoms with Crippen LogP contribution in [0, 0.1) is 18.3 Å². The average molecular weight is 239 g/mol. The number of ether oxygens (including phenoxy) is 1. The molecule has 1 aromatic rings. The molecule has 4 nitrogen and oxygen atoms in total. The summed E-state index contributed by atoms with van der Waals surface area (Å²) in [4.78, 5) is 11.3. The zero-order valence-electron chi connectivity index (χ0n) is 9.00. The molecule has 0 unspecified atom stereocenters. The Morgan fingerprint density at radius 2 is 2.31 bits per heavy atom. The smallest absolute Gasteiger partial charge is 0.238 e. The number of amides is 1. The number of nitriles is 1. The summed E-state index contributed by atoms with van der Waals surface area (Å²) in [6.07, 6.45) is -0.200. The molecule has 0 aliphatic rings. The summed E-state index contributed by atoms with van der Waals surface area (Å²) in [6.45, 7) is 1.82. The van der Waals surface area contributed by atoms with Crippen molar-refractivity contribution in [2.75, 3.05) is 12.4 Å². The number of nitrogens with zero attached hydrogens (tertiary/aromatic N) is 1. The van der Waals surface area contributed by atoms with Crippen LogP contribution in [0.5, 0.6) is 5.75 Å². The minimum atomic E-state index is -0.387. The number of carbonyl (C=O) groups is 1. The lowest BCUT2D eigenvalue weighted by Gasteiger charge is -2.12. The topological polar surface area (TPSA) is 62.1 Å². The summed E-state index contributed by atoms with van der Waals surface area (Å²) in [5.41, 5.74) is 1.30. The molecule has 0 atom stereocenters. The molecule has 1 rings (SSSR count). The average Bonchev–Trinajstić information content (AvgIpc) is 2.17. The van der Waals surface area contributed by atoms with Crippen molar-refractivity contribution in [3.63, 3.8) is 0 Å².